The highest BCUT2D eigenvalue weighted by Gasteiger charge is 2.12. The third-order valence-corrected chi connectivity index (χ3v) is 2.80. The Labute approximate surface area is 107 Å². The van der Waals surface area contributed by atoms with Crippen molar-refractivity contribution >= 4 is 5.78 Å². The molecule has 18 heavy (non-hydrogen) atoms. The molecular formula is C14H17N3O. The monoisotopic (exact) mass is 243 g/mol. The molecule has 0 bridgehead atoms. The van der Waals surface area contributed by atoms with E-state index in [9.17, 15) is 4.79 Å². The number of carbonyl (C=O) groups excluding carboxylic acids is 1. The maximum absolute atomic E-state index is 12.1. The van der Waals surface area contributed by atoms with Crippen molar-refractivity contribution in [3.05, 3.63) is 47.0 Å². The number of hydrogen-bond acceptors (Lipinski definition) is 3. The van der Waals surface area contributed by atoms with Crippen molar-refractivity contribution in [2.24, 2.45) is 0 Å². The highest BCUT2D eigenvalue weighted by Crippen LogP contribution is 2.09. The fourth-order valence-electron chi connectivity index (χ4n) is 1.97. The van der Waals surface area contributed by atoms with Crippen molar-refractivity contribution in [1.82, 2.24) is 14.8 Å². The van der Waals surface area contributed by atoms with Crippen LogP contribution in [-0.2, 0) is 13.0 Å². The minimum absolute atomic E-state index is 0.0355. The standard InChI is InChI=1S/C14H17N3O/c1-4-17-12(8-11(3)16-17)9-14(18)13-7-5-6-10(2)15-13/h5-8H,4,9H2,1-3H3. The number of hydrogen-bond donors (Lipinski definition) is 0. The van der Waals surface area contributed by atoms with Gasteiger partial charge in [-0.15, -0.1) is 0 Å². The zero-order valence-electron chi connectivity index (χ0n) is 11.0. The normalized spacial score (nSPS) is 10.6. The Hall–Kier alpha value is -1.97. The number of rotatable bonds is 4. The zero-order chi connectivity index (χ0) is 13.1. The molecule has 2 heterocycles. The molecule has 0 aliphatic heterocycles. The lowest BCUT2D eigenvalue weighted by Crippen LogP contribution is -2.11. The molecule has 0 aliphatic rings. The molecule has 94 valence electrons. The summed E-state index contributed by atoms with van der Waals surface area (Å²) in [6, 6.07) is 7.46. The van der Waals surface area contributed by atoms with E-state index >= 15 is 0 Å². The second kappa shape index (κ2) is 5.12. The molecule has 0 saturated heterocycles. The molecule has 2 aromatic rings. The van der Waals surface area contributed by atoms with Gasteiger partial charge in [0.15, 0.2) is 5.78 Å². The molecule has 2 rings (SSSR count). The average Bonchev–Trinajstić information content (AvgIpc) is 2.69. The number of carbonyl (C=O) groups is 1. The van der Waals surface area contributed by atoms with Gasteiger partial charge in [-0.2, -0.15) is 5.10 Å². The Morgan fingerprint density at radius 1 is 1.28 bits per heavy atom. The summed E-state index contributed by atoms with van der Waals surface area (Å²) < 4.78 is 1.86. The van der Waals surface area contributed by atoms with E-state index in [-0.39, 0.29) is 5.78 Å². The van der Waals surface area contributed by atoms with Gasteiger partial charge in [0.2, 0.25) is 0 Å². The largest absolute Gasteiger partial charge is 0.292 e. The van der Waals surface area contributed by atoms with Crippen molar-refractivity contribution < 1.29 is 4.79 Å². The molecule has 0 unspecified atom stereocenters. The van der Waals surface area contributed by atoms with Gasteiger partial charge in [-0.05, 0) is 39.0 Å². The quantitative estimate of drug-likeness (QED) is 0.774. The Balaban J connectivity index is 2.21. The molecule has 0 atom stereocenters. The van der Waals surface area contributed by atoms with Crippen LogP contribution in [0.2, 0.25) is 0 Å². The van der Waals surface area contributed by atoms with Crippen LogP contribution in [0.3, 0.4) is 0 Å². The SMILES string of the molecule is CCn1nc(C)cc1CC(=O)c1cccc(C)n1. The van der Waals surface area contributed by atoms with Crippen LogP contribution in [0.15, 0.2) is 24.3 Å². The maximum atomic E-state index is 12.1. The smallest absolute Gasteiger partial charge is 0.187 e. The summed E-state index contributed by atoms with van der Waals surface area (Å²) in [5.74, 6) is 0.0355. The van der Waals surface area contributed by atoms with Gasteiger partial charge in [0, 0.05) is 17.9 Å². The van der Waals surface area contributed by atoms with Crippen molar-refractivity contribution in [2.75, 3.05) is 0 Å². The van der Waals surface area contributed by atoms with Crippen molar-refractivity contribution in [2.45, 2.75) is 33.7 Å². The van der Waals surface area contributed by atoms with Crippen LogP contribution in [0.1, 0.15) is 34.5 Å². The van der Waals surface area contributed by atoms with Crippen LogP contribution in [0, 0.1) is 13.8 Å². The summed E-state index contributed by atoms with van der Waals surface area (Å²) >= 11 is 0. The molecule has 0 aliphatic carbocycles. The minimum atomic E-state index is 0.0355. The molecule has 0 spiro atoms. The van der Waals surface area contributed by atoms with Crippen LogP contribution >= 0.6 is 0 Å². The van der Waals surface area contributed by atoms with Crippen molar-refractivity contribution in [1.29, 1.82) is 0 Å². The van der Waals surface area contributed by atoms with E-state index in [4.69, 9.17) is 0 Å². The Morgan fingerprint density at radius 2 is 2.06 bits per heavy atom. The fraction of sp³-hybridized carbons (Fsp3) is 0.357. The van der Waals surface area contributed by atoms with Crippen molar-refractivity contribution in [3.8, 4) is 0 Å². The van der Waals surface area contributed by atoms with Gasteiger partial charge in [-0.25, -0.2) is 0 Å². The van der Waals surface area contributed by atoms with Crippen LogP contribution in [0.5, 0.6) is 0 Å². The van der Waals surface area contributed by atoms with E-state index in [1.807, 2.05) is 43.7 Å². The summed E-state index contributed by atoms with van der Waals surface area (Å²) in [7, 11) is 0. The third-order valence-electron chi connectivity index (χ3n) is 2.80. The van der Waals surface area contributed by atoms with E-state index in [1.54, 1.807) is 6.07 Å². The predicted molar refractivity (Wildman–Crippen MR) is 69.6 cm³/mol. The van der Waals surface area contributed by atoms with Crippen LogP contribution in [-0.4, -0.2) is 20.5 Å². The number of aromatic nitrogens is 3. The molecular weight excluding hydrogens is 226 g/mol. The van der Waals surface area contributed by atoms with Crippen LogP contribution in [0.25, 0.3) is 0 Å². The number of pyridine rings is 1. The van der Waals surface area contributed by atoms with Gasteiger partial charge < -0.3 is 0 Å². The first-order valence-corrected chi connectivity index (χ1v) is 6.10. The molecule has 0 amide bonds. The summed E-state index contributed by atoms with van der Waals surface area (Å²) in [6.45, 7) is 6.62. The van der Waals surface area contributed by atoms with Gasteiger partial charge in [0.25, 0.3) is 0 Å². The molecule has 0 N–H and O–H groups in total. The molecule has 0 fully saturated rings. The molecule has 0 aromatic carbocycles. The first kappa shape index (κ1) is 12.5. The summed E-state index contributed by atoms with van der Waals surface area (Å²) in [6.07, 6.45) is 0.352. The van der Waals surface area contributed by atoms with E-state index in [0.29, 0.717) is 12.1 Å². The number of Topliss-reactive ketones (excluding diaryl/α,β-unsaturated/α-hetero) is 1. The van der Waals surface area contributed by atoms with Gasteiger partial charge in [-0.1, -0.05) is 6.07 Å². The lowest BCUT2D eigenvalue weighted by Gasteiger charge is -2.04. The first-order chi connectivity index (χ1) is 8.60. The Kier molecular flexibility index (Phi) is 3.55. The number of aryl methyl sites for hydroxylation is 3. The Bertz CT molecular complexity index is 572. The van der Waals surface area contributed by atoms with Gasteiger partial charge in [-0.3, -0.25) is 14.5 Å². The van der Waals surface area contributed by atoms with Crippen LogP contribution in [0.4, 0.5) is 0 Å². The number of nitrogens with zero attached hydrogens (tertiary/aromatic N) is 3. The lowest BCUT2D eigenvalue weighted by molar-refractivity contribution is 0.0985. The summed E-state index contributed by atoms with van der Waals surface area (Å²) in [4.78, 5) is 16.4. The minimum Gasteiger partial charge on any atom is -0.292 e. The van der Waals surface area contributed by atoms with Crippen molar-refractivity contribution in [3.63, 3.8) is 0 Å². The topological polar surface area (TPSA) is 47.8 Å². The second-order valence-corrected chi connectivity index (χ2v) is 4.36. The van der Waals surface area contributed by atoms with E-state index in [2.05, 4.69) is 10.1 Å². The average molecular weight is 243 g/mol. The van der Waals surface area contributed by atoms with E-state index in [0.717, 1.165) is 23.6 Å². The van der Waals surface area contributed by atoms with Gasteiger partial charge in [0.05, 0.1) is 12.1 Å². The highest BCUT2D eigenvalue weighted by atomic mass is 16.1. The van der Waals surface area contributed by atoms with E-state index < -0.39 is 0 Å². The lowest BCUT2D eigenvalue weighted by atomic mass is 10.1. The van der Waals surface area contributed by atoms with Gasteiger partial charge >= 0.3 is 0 Å². The van der Waals surface area contributed by atoms with E-state index in [1.165, 1.54) is 0 Å². The molecule has 4 heteroatoms. The van der Waals surface area contributed by atoms with Gasteiger partial charge in [0.1, 0.15) is 5.69 Å². The molecule has 0 radical (unpaired) electrons. The molecule has 4 nitrogen and oxygen atoms in total. The second-order valence-electron chi connectivity index (χ2n) is 4.36. The molecule has 2 aromatic heterocycles. The maximum Gasteiger partial charge on any atom is 0.187 e. The van der Waals surface area contributed by atoms with Crippen LogP contribution < -0.4 is 0 Å². The zero-order valence-corrected chi connectivity index (χ0v) is 11.0. The highest BCUT2D eigenvalue weighted by molar-refractivity contribution is 5.95. The number of ketones is 1. The Morgan fingerprint density at radius 3 is 2.72 bits per heavy atom. The third kappa shape index (κ3) is 2.64. The summed E-state index contributed by atoms with van der Waals surface area (Å²) in [5, 5.41) is 4.34. The predicted octanol–water partition coefficient (Wildman–Crippen LogP) is 2.34. The molecule has 0 saturated carbocycles. The summed E-state index contributed by atoms with van der Waals surface area (Å²) in [5.41, 5.74) is 3.28. The first-order valence-electron chi connectivity index (χ1n) is 6.10. The fourth-order valence-corrected chi connectivity index (χ4v) is 1.97.